The fourth-order valence-corrected chi connectivity index (χ4v) is 3.10. The lowest BCUT2D eigenvalue weighted by Gasteiger charge is -2.23. The summed E-state index contributed by atoms with van der Waals surface area (Å²) >= 11 is 6.17. The van der Waals surface area contributed by atoms with Crippen LogP contribution < -0.4 is 10.2 Å². The first-order chi connectivity index (χ1) is 13.2. The van der Waals surface area contributed by atoms with Crippen molar-refractivity contribution in [3.63, 3.8) is 0 Å². The molecule has 0 aliphatic carbocycles. The highest BCUT2D eigenvalue weighted by molar-refractivity contribution is 6.31. The van der Waals surface area contributed by atoms with Gasteiger partial charge in [0.25, 0.3) is 0 Å². The van der Waals surface area contributed by atoms with Gasteiger partial charge in [-0.25, -0.2) is 0 Å². The number of nitrogens with zero attached hydrogens (tertiary/aromatic N) is 1. The Hall–Kier alpha value is -2.62. The zero-order valence-electron chi connectivity index (χ0n) is 15.1. The van der Waals surface area contributed by atoms with Gasteiger partial charge in [0.1, 0.15) is 0 Å². The van der Waals surface area contributed by atoms with E-state index in [1.54, 1.807) is 0 Å². The molecule has 0 aliphatic rings. The summed E-state index contributed by atoms with van der Waals surface area (Å²) in [7, 11) is 0. The second-order valence-electron chi connectivity index (χ2n) is 6.32. The van der Waals surface area contributed by atoms with E-state index in [-0.39, 0.29) is 5.91 Å². The first-order valence-electron chi connectivity index (χ1n) is 9.07. The Kier molecular flexibility index (Phi) is 7.03. The first-order valence-corrected chi connectivity index (χ1v) is 9.45. The molecule has 0 unspecified atom stereocenters. The van der Waals surface area contributed by atoms with E-state index in [2.05, 4.69) is 5.32 Å². The zero-order chi connectivity index (χ0) is 18.9. The van der Waals surface area contributed by atoms with Crippen molar-refractivity contribution in [2.75, 3.05) is 11.4 Å². The Morgan fingerprint density at radius 3 is 2.19 bits per heavy atom. The minimum absolute atomic E-state index is 0.0942. The van der Waals surface area contributed by atoms with Crippen molar-refractivity contribution < 1.29 is 4.79 Å². The van der Waals surface area contributed by atoms with Crippen LogP contribution in [0.3, 0.4) is 0 Å². The predicted octanol–water partition coefficient (Wildman–Crippen LogP) is 5.05. The van der Waals surface area contributed by atoms with Crippen LogP contribution in [-0.4, -0.2) is 12.5 Å². The third kappa shape index (κ3) is 5.68. The molecule has 3 rings (SSSR count). The smallest absolute Gasteiger partial charge is 0.228 e. The molecule has 0 atom stereocenters. The van der Waals surface area contributed by atoms with Gasteiger partial charge in [-0.3, -0.25) is 4.79 Å². The van der Waals surface area contributed by atoms with Crippen LogP contribution in [0, 0.1) is 0 Å². The van der Waals surface area contributed by atoms with Crippen molar-refractivity contribution in [2.24, 2.45) is 0 Å². The van der Waals surface area contributed by atoms with E-state index >= 15 is 0 Å². The molecule has 3 aromatic carbocycles. The van der Waals surface area contributed by atoms with Crippen LogP contribution in [-0.2, 0) is 17.9 Å². The fraction of sp³-hybridized carbons (Fsp3) is 0.174. The normalized spacial score (nSPS) is 10.6. The number of rotatable bonds is 8. The topological polar surface area (TPSA) is 32.3 Å². The molecular formula is C23H23ClN2O. The number of anilines is 1. The van der Waals surface area contributed by atoms with Gasteiger partial charge in [0.05, 0.1) is 6.54 Å². The highest BCUT2D eigenvalue weighted by Crippen LogP contribution is 2.18. The lowest BCUT2D eigenvalue weighted by molar-refractivity contribution is -0.118. The average Bonchev–Trinajstić information content (AvgIpc) is 2.72. The van der Waals surface area contributed by atoms with E-state index in [1.807, 2.05) is 89.8 Å². The van der Waals surface area contributed by atoms with Gasteiger partial charge in [-0.15, -0.1) is 0 Å². The number of carbonyl (C=O) groups excluding carboxylic acids is 1. The molecule has 0 aromatic heterocycles. The maximum atomic E-state index is 12.9. The van der Waals surface area contributed by atoms with Crippen molar-refractivity contribution >= 4 is 23.2 Å². The van der Waals surface area contributed by atoms with Crippen molar-refractivity contribution in [1.29, 1.82) is 0 Å². The maximum Gasteiger partial charge on any atom is 0.228 e. The quantitative estimate of drug-likeness (QED) is 0.556. The van der Waals surface area contributed by atoms with Gasteiger partial charge in [0.15, 0.2) is 0 Å². The molecule has 0 saturated carbocycles. The van der Waals surface area contributed by atoms with Gasteiger partial charge in [-0.05, 0) is 29.3 Å². The van der Waals surface area contributed by atoms with Gasteiger partial charge in [0.2, 0.25) is 5.91 Å². The summed E-state index contributed by atoms with van der Waals surface area (Å²) in [5, 5.41) is 4.05. The minimum Gasteiger partial charge on any atom is -0.312 e. The Balaban J connectivity index is 1.60. The highest BCUT2D eigenvalue weighted by Gasteiger charge is 2.15. The Morgan fingerprint density at radius 2 is 1.48 bits per heavy atom. The highest BCUT2D eigenvalue weighted by atomic mass is 35.5. The number of halogens is 1. The maximum absolute atomic E-state index is 12.9. The van der Waals surface area contributed by atoms with Gasteiger partial charge < -0.3 is 10.2 Å². The molecule has 4 heteroatoms. The molecule has 1 N–H and O–H groups in total. The molecule has 3 nitrogen and oxygen atoms in total. The summed E-state index contributed by atoms with van der Waals surface area (Å²) in [5.74, 6) is 0.0942. The summed E-state index contributed by atoms with van der Waals surface area (Å²) in [4.78, 5) is 14.7. The number of carbonyl (C=O) groups is 1. The SMILES string of the molecule is O=C(CCNCc1ccccc1Cl)N(Cc1ccccc1)c1ccccc1. The third-order valence-corrected chi connectivity index (χ3v) is 4.71. The van der Waals surface area contributed by atoms with Gasteiger partial charge in [-0.2, -0.15) is 0 Å². The van der Waals surface area contributed by atoms with Crippen molar-refractivity contribution in [3.05, 3.63) is 101 Å². The molecule has 0 radical (unpaired) electrons. The summed E-state index contributed by atoms with van der Waals surface area (Å²) in [5.41, 5.74) is 3.06. The molecular weight excluding hydrogens is 356 g/mol. The molecule has 0 saturated heterocycles. The number of benzene rings is 3. The van der Waals surface area contributed by atoms with Crippen molar-refractivity contribution in [1.82, 2.24) is 5.32 Å². The average molecular weight is 379 g/mol. The lowest BCUT2D eigenvalue weighted by atomic mass is 10.1. The monoisotopic (exact) mass is 378 g/mol. The van der Waals surface area contributed by atoms with E-state index in [9.17, 15) is 4.79 Å². The van der Waals surface area contributed by atoms with Crippen LogP contribution in [0.2, 0.25) is 5.02 Å². The van der Waals surface area contributed by atoms with Gasteiger partial charge in [-0.1, -0.05) is 78.3 Å². The Labute approximate surface area is 165 Å². The molecule has 27 heavy (non-hydrogen) atoms. The molecule has 0 bridgehead atoms. The van der Waals surface area contributed by atoms with E-state index in [1.165, 1.54) is 0 Å². The zero-order valence-corrected chi connectivity index (χ0v) is 15.9. The van der Waals surface area contributed by atoms with Crippen molar-refractivity contribution in [3.8, 4) is 0 Å². The van der Waals surface area contributed by atoms with E-state index in [0.29, 0.717) is 26.1 Å². The second kappa shape index (κ2) is 9.91. The van der Waals surface area contributed by atoms with E-state index in [4.69, 9.17) is 11.6 Å². The number of para-hydroxylation sites is 1. The number of nitrogens with one attached hydrogen (secondary N) is 1. The van der Waals surface area contributed by atoms with Gasteiger partial charge in [0, 0.05) is 30.2 Å². The lowest BCUT2D eigenvalue weighted by Crippen LogP contribution is -2.32. The summed E-state index contributed by atoms with van der Waals surface area (Å²) < 4.78 is 0. The summed E-state index contributed by atoms with van der Waals surface area (Å²) in [6.07, 6.45) is 0.423. The Bertz CT molecular complexity index is 853. The molecule has 0 spiro atoms. The van der Waals surface area contributed by atoms with Crippen LogP contribution in [0.4, 0.5) is 5.69 Å². The second-order valence-corrected chi connectivity index (χ2v) is 6.73. The number of amides is 1. The van der Waals surface area contributed by atoms with Crippen LogP contribution >= 0.6 is 11.6 Å². The first kappa shape index (κ1) is 19.2. The van der Waals surface area contributed by atoms with Gasteiger partial charge >= 0.3 is 0 Å². The van der Waals surface area contributed by atoms with E-state index in [0.717, 1.165) is 21.8 Å². The predicted molar refractivity (Wildman–Crippen MR) is 112 cm³/mol. The largest absolute Gasteiger partial charge is 0.312 e. The Morgan fingerprint density at radius 1 is 0.852 bits per heavy atom. The number of hydrogen-bond donors (Lipinski definition) is 1. The summed E-state index contributed by atoms with van der Waals surface area (Å²) in [6, 6.07) is 27.6. The fourth-order valence-electron chi connectivity index (χ4n) is 2.89. The van der Waals surface area contributed by atoms with E-state index < -0.39 is 0 Å². The molecule has 0 heterocycles. The van der Waals surface area contributed by atoms with Crippen LogP contribution in [0.5, 0.6) is 0 Å². The number of hydrogen-bond acceptors (Lipinski definition) is 2. The minimum atomic E-state index is 0.0942. The molecule has 0 fully saturated rings. The van der Waals surface area contributed by atoms with Crippen molar-refractivity contribution in [2.45, 2.75) is 19.5 Å². The summed E-state index contributed by atoms with van der Waals surface area (Å²) in [6.45, 7) is 1.81. The van der Waals surface area contributed by atoms with Crippen LogP contribution in [0.15, 0.2) is 84.9 Å². The molecule has 138 valence electrons. The standard InChI is InChI=1S/C23H23ClN2O/c24-22-14-8-7-11-20(22)17-25-16-15-23(27)26(21-12-5-2-6-13-21)18-19-9-3-1-4-10-19/h1-14,25H,15-18H2. The van der Waals surface area contributed by atoms with Crippen LogP contribution in [0.25, 0.3) is 0 Å². The third-order valence-electron chi connectivity index (χ3n) is 4.34. The van der Waals surface area contributed by atoms with Crippen LogP contribution in [0.1, 0.15) is 17.5 Å². The molecule has 3 aromatic rings. The molecule has 0 aliphatic heterocycles. The molecule has 1 amide bonds.